The summed E-state index contributed by atoms with van der Waals surface area (Å²) in [6.07, 6.45) is 1.54. The van der Waals surface area contributed by atoms with Crippen LogP contribution in [0.25, 0.3) is 0 Å². The van der Waals surface area contributed by atoms with Crippen molar-refractivity contribution in [3.63, 3.8) is 0 Å². The molecule has 2 N–H and O–H groups in total. The summed E-state index contributed by atoms with van der Waals surface area (Å²) < 4.78 is 0. The lowest BCUT2D eigenvalue weighted by Crippen LogP contribution is -2.47. The van der Waals surface area contributed by atoms with Crippen LogP contribution in [0.5, 0.6) is 0 Å². The van der Waals surface area contributed by atoms with Crippen LogP contribution in [0.3, 0.4) is 0 Å². The van der Waals surface area contributed by atoms with Crippen molar-refractivity contribution in [1.82, 2.24) is 15.2 Å². The number of rotatable bonds is 4. The molecule has 0 atom stereocenters. The van der Waals surface area contributed by atoms with Crippen molar-refractivity contribution in [2.75, 3.05) is 13.1 Å². The van der Waals surface area contributed by atoms with Gasteiger partial charge in [-0.2, -0.15) is 0 Å². The molecule has 0 aliphatic heterocycles. The normalized spacial score (nSPS) is 11.2. The van der Waals surface area contributed by atoms with Crippen molar-refractivity contribution in [2.45, 2.75) is 33.2 Å². The standard InChI is InChI=1S/C13H20ClN3O2/c1-5-17(8-11(18)16-13(2,3)4)12(19)10-6-9(14)7-15-10/h6-7,15H,5,8H2,1-4H3,(H,16,18). The van der Waals surface area contributed by atoms with Crippen molar-refractivity contribution in [3.05, 3.63) is 23.0 Å². The smallest absolute Gasteiger partial charge is 0.270 e. The van der Waals surface area contributed by atoms with E-state index in [4.69, 9.17) is 11.6 Å². The molecule has 1 aromatic rings. The molecule has 0 bridgehead atoms. The predicted molar refractivity (Wildman–Crippen MR) is 75.3 cm³/mol. The highest BCUT2D eigenvalue weighted by Gasteiger charge is 2.21. The molecule has 0 aliphatic carbocycles. The van der Waals surface area contributed by atoms with E-state index in [-0.39, 0.29) is 23.9 Å². The molecule has 0 fully saturated rings. The van der Waals surface area contributed by atoms with E-state index in [2.05, 4.69) is 10.3 Å². The molecular formula is C13H20ClN3O2. The molecule has 1 rings (SSSR count). The molecule has 1 aromatic heterocycles. The zero-order valence-electron chi connectivity index (χ0n) is 11.7. The number of halogens is 1. The SMILES string of the molecule is CCN(CC(=O)NC(C)(C)C)C(=O)c1cc(Cl)c[nH]1. The molecule has 6 heteroatoms. The van der Waals surface area contributed by atoms with Crippen molar-refractivity contribution in [3.8, 4) is 0 Å². The zero-order valence-corrected chi connectivity index (χ0v) is 12.5. The number of hydrogen-bond acceptors (Lipinski definition) is 2. The highest BCUT2D eigenvalue weighted by atomic mass is 35.5. The van der Waals surface area contributed by atoms with Gasteiger partial charge in [0.2, 0.25) is 5.91 Å². The Hall–Kier alpha value is -1.49. The minimum absolute atomic E-state index is 0.0310. The summed E-state index contributed by atoms with van der Waals surface area (Å²) in [6.45, 7) is 8.00. The second-order valence-electron chi connectivity index (χ2n) is 5.35. The van der Waals surface area contributed by atoms with Crippen LogP contribution in [0, 0.1) is 0 Å². The van der Waals surface area contributed by atoms with E-state index in [1.165, 1.54) is 11.1 Å². The Bertz CT molecular complexity index is 463. The lowest BCUT2D eigenvalue weighted by molar-refractivity contribution is -0.123. The lowest BCUT2D eigenvalue weighted by atomic mass is 10.1. The first kappa shape index (κ1) is 15.6. The summed E-state index contributed by atoms with van der Waals surface area (Å²) in [5.74, 6) is -0.418. The summed E-state index contributed by atoms with van der Waals surface area (Å²) in [6, 6.07) is 1.55. The molecule has 0 saturated heterocycles. The summed E-state index contributed by atoms with van der Waals surface area (Å²) in [4.78, 5) is 28.2. The van der Waals surface area contributed by atoms with Gasteiger partial charge >= 0.3 is 0 Å². The van der Waals surface area contributed by atoms with Gasteiger partial charge in [0, 0.05) is 18.3 Å². The molecule has 0 unspecified atom stereocenters. The van der Waals surface area contributed by atoms with Gasteiger partial charge in [0.05, 0.1) is 11.6 Å². The molecule has 0 radical (unpaired) electrons. The fraction of sp³-hybridized carbons (Fsp3) is 0.538. The topological polar surface area (TPSA) is 65.2 Å². The first-order valence-corrected chi connectivity index (χ1v) is 6.55. The fourth-order valence-corrected chi connectivity index (χ4v) is 1.78. The minimum Gasteiger partial charge on any atom is -0.356 e. The van der Waals surface area contributed by atoms with Crippen LogP contribution in [-0.2, 0) is 4.79 Å². The molecule has 5 nitrogen and oxygen atoms in total. The second-order valence-corrected chi connectivity index (χ2v) is 5.79. The van der Waals surface area contributed by atoms with Crippen LogP contribution < -0.4 is 5.32 Å². The van der Waals surface area contributed by atoms with Crippen LogP contribution in [-0.4, -0.2) is 40.3 Å². The first-order valence-electron chi connectivity index (χ1n) is 6.17. The van der Waals surface area contributed by atoms with Gasteiger partial charge in [-0.25, -0.2) is 0 Å². The summed E-state index contributed by atoms with van der Waals surface area (Å²) >= 11 is 5.76. The molecule has 106 valence electrons. The summed E-state index contributed by atoms with van der Waals surface area (Å²) in [7, 11) is 0. The van der Waals surface area contributed by atoms with Crippen molar-refractivity contribution in [2.24, 2.45) is 0 Å². The van der Waals surface area contributed by atoms with E-state index in [1.807, 2.05) is 27.7 Å². The van der Waals surface area contributed by atoms with Gasteiger partial charge in [0.15, 0.2) is 0 Å². The van der Waals surface area contributed by atoms with Gasteiger partial charge in [-0.15, -0.1) is 0 Å². The Kier molecular flexibility index (Phi) is 5.00. The summed E-state index contributed by atoms with van der Waals surface area (Å²) in [5, 5.41) is 3.30. The van der Waals surface area contributed by atoms with Crippen LogP contribution in [0.1, 0.15) is 38.2 Å². The number of aromatic amines is 1. The molecule has 1 heterocycles. The third-order valence-corrected chi connectivity index (χ3v) is 2.61. The number of hydrogen-bond donors (Lipinski definition) is 2. The van der Waals surface area contributed by atoms with E-state index in [0.29, 0.717) is 17.3 Å². The number of nitrogens with one attached hydrogen (secondary N) is 2. The van der Waals surface area contributed by atoms with E-state index >= 15 is 0 Å². The molecule has 2 amide bonds. The maximum atomic E-state index is 12.1. The molecule has 19 heavy (non-hydrogen) atoms. The van der Waals surface area contributed by atoms with Crippen LogP contribution in [0.15, 0.2) is 12.3 Å². The van der Waals surface area contributed by atoms with Crippen molar-refractivity contribution >= 4 is 23.4 Å². The first-order chi connectivity index (χ1) is 8.73. The van der Waals surface area contributed by atoms with E-state index in [0.717, 1.165) is 0 Å². The maximum absolute atomic E-state index is 12.1. The molecule has 0 aliphatic rings. The number of nitrogens with zero attached hydrogens (tertiary/aromatic N) is 1. The highest BCUT2D eigenvalue weighted by Crippen LogP contribution is 2.11. The van der Waals surface area contributed by atoms with Gasteiger partial charge in [0.25, 0.3) is 5.91 Å². The minimum atomic E-state index is -0.310. The largest absolute Gasteiger partial charge is 0.356 e. The Morgan fingerprint density at radius 1 is 1.42 bits per heavy atom. The average Bonchev–Trinajstić information content (AvgIpc) is 2.69. The van der Waals surface area contributed by atoms with Gasteiger partial charge < -0.3 is 15.2 Å². The Labute approximate surface area is 118 Å². The Balaban J connectivity index is 2.68. The van der Waals surface area contributed by atoms with E-state index < -0.39 is 0 Å². The number of aromatic nitrogens is 1. The zero-order chi connectivity index (χ0) is 14.6. The molecule has 0 saturated carbocycles. The van der Waals surface area contributed by atoms with Crippen molar-refractivity contribution < 1.29 is 9.59 Å². The predicted octanol–water partition coefficient (Wildman–Crippen LogP) is 2.04. The lowest BCUT2D eigenvalue weighted by Gasteiger charge is -2.24. The van der Waals surface area contributed by atoms with Crippen LogP contribution in [0.4, 0.5) is 0 Å². The van der Waals surface area contributed by atoms with Gasteiger partial charge in [-0.3, -0.25) is 9.59 Å². The Morgan fingerprint density at radius 2 is 2.05 bits per heavy atom. The monoisotopic (exact) mass is 285 g/mol. The molecule has 0 spiro atoms. The molecule has 0 aromatic carbocycles. The summed E-state index contributed by atoms with van der Waals surface area (Å²) in [5.41, 5.74) is 0.0744. The second kappa shape index (κ2) is 6.10. The quantitative estimate of drug-likeness (QED) is 0.889. The fourth-order valence-electron chi connectivity index (χ4n) is 1.62. The third-order valence-electron chi connectivity index (χ3n) is 2.40. The number of carbonyl (C=O) groups excluding carboxylic acids is 2. The van der Waals surface area contributed by atoms with Crippen molar-refractivity contribution in [1.29, 1.82) is 0 Å². The number of carbonyl (C=O) groups is 2. The van der Waals surface area contributed by atoms with Gasteiger partial charge in [-0.1, -0.05) is 11.6 Å². The third kappa shape index (κ3) is 4.95. The number of amides is 2. The van der Waals surface area contributed by atoms with Crippen LogP contribution in [0.2, 0.25) is 5.02 Å². The maximum Gasteiger partial charge on any atom is 0.270 e. The van der Waals surface area contributed by atoms with Gasteiger partial charge in [0.1, 0.15) is 5.69 Å². The van der Waals surface area contributed by atoms with Crippen LogP contribution >= 0.6 is 11.6 Å². The number of likely N-dealkylation sites (N-methyl/N-ethyl adjacent to an activating group) is 1. The average molecular weight is 286 g/mol. The number of H-pyrrole nitrogens is 1. The molecular weight excluding hydrogens is 266 g/mol. The Morgan fingerprint density at radius 3 is 2.47 bits per heavy atom. The highest BCUT2D eigenvalue weighted by molar-refractivity contribution is 6.30. The van der Waals surface area contributed by atoms with E-state index in [1.54, 1.807) is 6.07 Å². The van der Waals surface area contributed by atoms with E-state index in [9.17, 15) is 9.59 Å². The van der Waals surface area contributed by atoms with Gasteiger partial charge in [-0.05, 0) is 33.8 Å².